The summed E-state index contributed by atoms with van der Waals surface area (Å²) in [4.78, 5) is 28.9. The number of aryl methyl sites for hydroxylation is 2. The van der Waals surface area contributed by atoms with Gasteiger partial charge in [0.15, 0.2) is 0 Å². The molecular weight excluding hydrogens is 538 g/mol. The summed E-state index contributed by atoms with van der Waals surface area (Å²) in [6.45, 7) is 7.78. The van der Waals surface area contributed by atoms with Crippen molar-refractivity contribution in [3.05, 3.63) is 89.5 Å². The van der Waals surface area contributed by atoms with E-state index in [-0.39, 0.29) is 23.0 Å². The standard InChI is InChI=1S/C32H41N3O5S/c1-6-20-33-32(37)28(7-2)34(21-19-26-11-9-8-10-12-26)31(36)23-35(29-22-25(4)15-18-30(29)40-5)41(38,39)27-16-13-24(3)14-17-27/h8-18,22,28H,6-7,19-21,23H2,1-5H3,(H,33,37)/t28-/m0/s1. The van der Waals surface area contributed by atoms with Crippen LogP contribution in [0.4, 0.5) is 5.69 Å². The number of anilines is 1. The highest BCUT2D eigenvalue weighted by atomic mass is 32.2. The largest absolute Gasteiger partial charge is 0.495 e. The molecule has 8 nitrogen and oxygen atoms in total. The van der Waals surface area contributed by atoms with E-state index in [2.05, 4.69) is 5.32 Å². The van der Waals surface area contributed by atoms with Crippen LogP contribution >= 0.6 is 0 Å². The highest BCUT2D eigenvalue weighted by Crippen LogP contribution is 2.33. The lowest BCUT2D eigenvalue weighted by Gasteiger charge is -2.33. The minimum absolute atomic E-state index is 0.0584. The van der Waals surface area contributed by atoms with Crippen LogP contribution in [0.3, 0.4) is 0 Å². The number of methoxy groups -OCH3 is 1. The van der Waals surface area contributed by atoms with Gasteiger partial charge in [0.1, 0.15) is 18.3 Å². The molecule has 9 heteroatoms. The molecule has 0 radical (unpaired) electrons. The van der Waals surface area contributed by atoms with E-state index in [1.54, 1.807) is 24.3 Å². The smallest absolute Gasteiger partial charge is 0.264 e. The Balaban J connectivity index is 2.07. The number of hydrogen-bond donors (Lipinski definition) is 1. The number of hydrogen-bond acceptors (Lipinski definition) is 5. The molecule has 0 aliphatic carbocycles. The van der Waals surface area contributed by atoms with E-state index in [1.165, 1.54) is 24.1 Å². The topological polar surface area (TPSA) is 96.0 Å². The van der Waals surface area contributed by atoms with E-state index in [0.717, 1.165) is 27.4 Å². The predicted molar refractivity (Wildman–Crippen MR) is 163 cm³/mol. The number of nitrogens with one attached hydrogen (secondary N) is 1. The van der Waals surface area contributed by atoms with Crippen LogP contribution in [0, 0.1) is 13.8 Å². The summed E-state index contributed by atoms with van der Waals surface area (Å²) >= 11 is 0. The zero-order valence-corrected chi connectivity index (χ0v) is 25.4. The first-order valence-corrected chi connectivity index (χ1v) is 15.4. The molecule has 3 aromatic carbocycles. The fourth-order valence-electron chi connectivity index (χ4n) is 4.61. The van der Waals surface area contributed by atoms with Gasteiger partial charge in [-0.2, -0.15) is 0 Å². The van der Waals surface area contributed by atoms with Gasteiger partial charge in [0.25, 0.3) is 10.0 Å². The second kappa shape index (κ2) is 14.7. The summed E-state index contributed by atoms with van der Waals surface area (Å²) in [6, 6.07) is 20.6. The van der Waals surface area contributed by atoms with Crippen molar-refractivity contribution in [1.29, 1.82) is 0 Å². The fraction of sp³-hybridized carbons (Fsp3) is 0.375. The van der Waals surface area contributed by atoms with Crippen molar-refractivity contribution in [2.45, 2.75) is 57.9 Å². The molecule has 1 atom stereocenters. The lowest BCUT2D eigenvalue weighted by Crippen LogP contribution is -2.53. The summed E-state index contributed by atoms with van der Waals surface area (Å²) in [5, 5.41) is 2.90. The normalized spacial score (nSPS) is 11.9. The van der Waals surface area contributed by atoms with Crippen molar-refractivity contribution in [3.63, 3.8) is 0 Å². The highest BCUT2D eigenvalue weighted by molar-refractivity contribution is 7.92. The van der Waals surface area contributed by atoms with Crippen LogP contribution in [0.5, 0.6) is 5.75 Å². The van der Waals surface area contributed by atoms with Gasteiger partial charge in [-0.1, -0.05) is 67.9 Å². The minimum atomic E-state index is -4.18. The average Bonchev–Trinajstić information content (AvgIpc) is 2.97. The Morgan fingerprint density at radius 1 is 0.927 bits per heavy atom. The predicted octanol–water partition coefficient (Wildman–Crippen LogP) is 4.88. The zero-order valence-electron chi connectivity index (χ0n) is 24.6. The van der Waals surface area contributed by atoms with Crippen LogP contribution < -0.4 is 14.4 Å². The van der Waals surface area contributed by atoms with E-state index in [9.17, 15) is 18.0 Å². The molecule has 1 N–H and O–H groups in total. The van der Waals surface area contributed by atoms with Gasteiger partial charge in [-0.05, 0) is 68.5 Å². The van der Waals surface area contributed by atoms with Crippen molar-refractivity contribution in [2.75, 3.05) is 31.0 Å². The van der Waals surface area contributed by atoms with Crippen molar-refractivity contribution >= 4 is 27.5 Å². The first-order chi connectivity index (χ1) is 19.6. The molecule has 0 unspecified atom stereocenters. The van der Waals surface area contributed by atoms with E-state index >= 15 is 0 Å². The summed E-state index contributed by atoms with van der Waals surface area (Å²) in [5.74, 6) is -0.404. The Labute approximate surface area is 244 Å². The van der Waals surface area contributed by atoms with E-state index in [1.807, 2.05) is 64.1 Å². The van der Waals surface area contributed by atoms with Gasteiger partial charge >= 0.3 is 0 Å². The van der Waals surface area contributed by atoms with Crippen LogP contribution in [0.1, 0.15) is 43.4 Å². The summed E-state index contributed by atoms with van der Waals surface area (Å²) in [7, 11) is -2.72. The molecule has 41 heavy (non-hydrogen) atoms. The second-order valence-corrected chi connectivity index (χ2v) is 11.9. The quantitative estimate of drug-likeness (QED) is 0.294. The number of carbonyl (C=O) groups excluding carboxylic acids is 2. The Hall–Kier alpha value is -3.85. The van der Waals surface area contributed by atoms with E-state index < -0.39 is 28.5 Å². The first kappa shape index (κ1) is 31.7. The van der Waals surface area contributed by atoms with Gasteiger partial charge in [-0.25, -0.2) is 8.42 Å². The maximum Gasteiger partial charge on any atom is 0.264 e. The lowest BCUT2D eigenvalue weighted by molar-refractivity contribution is -0.139. The summed E-state index contributed by atoms with van der Waals surface area (Å²) in [6.07, 6.45) is 1.66. The highest BCUT2D eigenvalue weighted by Gasteiger charge is 2.34. The van der Waals surface area contributed by atoms with Gasteiger partial charge in [0, 0.05) is 13.1 Å². The number of amides is 2. The minimum Gasteiger partial charge on any atom is -0.495 e. The zero-order chi connectivity index (χ0) is 30.0. The van der Waals surface area contributed by atoms with Crippen molar-refractivity contribution in [1.82, 2.24) is 10.2 Å². The molecular formula is C32H41N3O5S. The van der Waals surface area contributed by atoms with Crippen LogP contribution in [-0.2, 0) is 26.0 Å². The maximum atomic E-state index is 14.1. The molecule has 0 bridgehead atoms. The number of ether oxygens (including phenoxy) is 1. The molecule has 0 saturated carbocycles. The van der Waals surface area contributed by atoms with Crippen LogP contribution in [0.25, 0.3) is 0 Å². The number of nitrogens with zero attached hydrogens (tertiary/aromatic N) is 2. The van der Waals surface area contributed by atoms with Crippen LogP contribution in [0.2, 0.25) is 0 Å². The molecule has 3 aromatic rings. The lowest BCUT2D eigenvalue weighted by atomic mass is 10.1. The Morgan fingerprint density at radius 2 is 1.59 bits per heavy atom. The summed E-state index contributed by atoms with van der Waals surface area (Å²) in [5.41, 5.74) is 2.99. The first-order valence-electron chi connectivity index (χ1n) is 14.0. The molecule has 2 amide bonds. The fourth-order valence-corrected chi connectivity index (χ4v) is 6.02. The average molecular weight is 580 g/mol. The molecule has 0 fully saturated rings. The van der Waals surface area contributed by atoms with Crippen molar-refractivity contribution < 1.29 is 22.7 Å². The van der Waals surface area contributed by atoms with Gasteiger partial charge in [-0.15, -0.1) is 0 Å². The number of rotatable bonds is 14. The third-order valence-electron chi connectivity index (χ3n) is 6.91. The third-order valence-corrected chi connectivity index (χ3v) is 8.68. The summed E-state index contributed by atoms with van der Waals surface area (Å²) < 4.78 is 34.8. The number of sulfonamides is 1. The third kappa shape index (κ3) is 8.10. The van der Waals surface area contributed by atoms with Gasteiger partial charge in [0.2, 0.25) is 11.8 Å². The van der Waals surface area contributed by atoms with Gasteiger partial charge in [0.05, 0.1) is 17.7 Å². The van der Waals surface area contributed by atoms with Crippen molar-refractivity contribution in [2.24, 2.45) is 0 Å². The van der Waals surface area contributed by atoms with Gasteiger partial charge in [-0.3, -0.25) is 13.9 Å². The molecule has 0 spiro atoms. The van der Waals surface area contributed by atoms with Crippen molar-refractivity contribution in [3.8, 4) is 5.75 Å². The number of carbonyl (C=O) groups is 2. The molecule has 0 aromatic heterocycles. The molecule has 0 saturated heterocycles. The monoisotopic (exact) mass is 579 g/mol. The molecule has 3 rings (SSSR count). The molecule has 0 aliphatic heterocycles. The molecule has 0 heterocycles. The maximum absolute atomic E-state index is 14.1. The second-order valence-electron chi connectivity index (χ2n) is 10.0. The SMILES string of the molecule is CCCNC(=O)[C@H](CC)N(CCc1ccccc1)C(=O)CN(c1cc(C)ccc1OC)S(=O)(=O)c1ccc(C)cc1. The number of benzene rings is 3. The van der Waals surface area contributed by atoms with Gasteiger partial charge < -0.3 is 15.0 Å². The molecule has 0 aliphatic rings. The molecule has 220 valence electrons. The Morgan fingerprint density at radius 3 is 2.20 bits per heavy atom. The Bertz CT molecular complexity index is 1410. The van der Waals surface area contributed by atoms with Crippen LogP contribution in [-0.4, -0.2) is 57.9 Å². The van der Waals surface area contributed by atoms with E-state index in [0.29, 0.717) is 25.1 Å². The van der Waals surface area contributed by atoms with E-state index in [4.69, 9.17) is 4.74 Å². The Kier molecular flexibility index (Phi) is 11.3. The van der Waals surface area contributed by atoms with Crippen LogP contribution in [0.15, 0.2) is 77.7 Å².